The summed E-state index contributed by atoms with van der Waals surface area (Å²) in [6.07, 6.45) is 10.8. The molecule has 0 atom stereocenters. The van der Waals surface area contributed by atoms with Gasteiger partial charge in [0.15, 0.2) is 5.01 Å². The maximum absolute atomic E-state index is 12.7. The van der Waals surface area contributed by atoms with E-state index < -0.39 is 0 Å². The molecule has 5 nitrogen and oxygen atoms in total. The number of hydrogen-bond donors (Lipinski definition) is 2. The Morgan fingerprint density at radius 3 is 2.71 bits per heavy atom. The molecular weight excluding hydrogens is 370 g/mol. The molecule has 2 heterocycles. The lowest BCUT2D eigenvalue weighted by atomic mass is 10.2. The average molecular weight is 400 g/mol. The number of carbonyl (C=O) groups excluding carboxylic acids is 1. The highest BCUT2D eigenvalue weighted by molar-refractivity contribution is 7.13. The van der Waals surface area contributed by atoms with Crippen LogP contribution < -0.4 is 11.1 Å². The molecule has 2 aromatic rings. The molecule has 0 bridgehead atoms. The first kappa shape index (κ1) is 21.7. The molecule has 0 radical (unpaired) electrons. The molecule has 2 aromatic heterocycles. The highest BCUT2D eigenvalue weighted by atomic mass is 32.1. The maximum Gasteiger partial charge on any atom is 0.284 e. The first-order valence-electron chi connectivity index (χ1n) is 9.68. The standard InChI is InChI=1S/C22H29N3O2S/c1-5-9-18(16(23)13-12-15(4)19-11-8-14-27-19)24-21(26)22-25-17(7-3)20(28-22)10-6-2/h8-9,11-14H,5-7,10,23H2,1-4H3,(H,24,26)/b15-12+,16-13+,18-9-. The Labute approximate surface area is 171 Å². The summed E-state index contributed by atoms with van der Waals surface area (Å²) in [4.78, 5) is 18.4. The van der Waals surface area contributed by atoms with Gasteiger partial charge in [-0.1, -0.05) is 39.3 Å². The van der Waals surface area contributed by atoms with Gasteiger partial charge in [0, 0.05) is 4.88 Å². The van der Waals surface area contributed by atoms with Crippen molar-refractivity contribution in [3.05, 3.63) is 69.4 Å². The minimum Gasteiger partial charge on any atom is -0.465 e. The SMILES string of the molecule is CC/C=C(NC(=O)c1nc(CC)c(CCC)s1)/C(N)=C\C=C(/C)c1ccco1. The van der Waals surface area contributed by atoms with Gasteiger partial charge in [-0.2, -0.15) is 0 Å². The number of aromatic nitrogens is 1. The van der Waals surface area contributed by atoms with Crippen molar-refractivity contribution in [2.45, 2.75) is 53.4 Å². The van der Waals surface area contributed by atoms with Gasteiger partial charge in [-0.25, -0.2) is 4.98 Å². The van der Waals surface area contributed by atoms with Gasteiger partial charge < -0.3 is 15.5 Å². The van der Waals surface area contributed by atoms with Crippen LogP contribution >= 0.6 is 11.3 Å². The predicted octanol–water partition coefficient (Wildman–Crippen LogP) is 5.22. The Bertz CT molecular complexity index is 874. The monoisotopic (exact) mass is 399 g/mol. The summed E-state index contributed by atoms with van der Waals surface area (Å²) in [6.45, 7) is 8.14. The lowest BCUT2D eigenvalue weighted by Gasteiger charge is -2.09. The van der Waals surface area contributed by atoms with Gasteiger partial charge in [-0.3, -0.25) is 4.79 Å². The van der Waals surface area contributed by atoms with E-state index >= 15 is 0 Å². The summed E-state index contributed by atoms with van der Waals surface area (Å²) >= 11 is 1.47. The summed E-state index contributed by atoms with van der Waals surface area (Å²) in [6, 6.07) is 3.73. The number of nitrogens with zero attached hydrogens (tertiary/aromatic N) is 1. The third-order valence-electron chi connectivity index (χ3n) is 4.17. The third kappa shape index (κ3) is 5.70. The van der Waals surface area contributed by atoms with Crippen molar-refractivity contribution in [1.82, 2.24) is 10.3 Å². The smallest absolute Gasteiger partial charge is 0.284 e. The zero-order valence-corrected chi connectivity index (χ0v) is 17.9. The van der Waals surface area contributed by atoms with Crippen molar-refractivity contribution in [2.24, 2.45) is 5.73 Å². The Balaban J connectivity index is 2.18. The van der Waals surface area contributed by atoms with E-state index in [0.717, 1.165) is 42.7 Å². The average Bonchev–Trinajstić information content (AvgIpc) is 3.35. The molecule has 2 rings (SSSR count). The number of carbonyl (C=O) groups is 1. The number of furan rings is 1. The van der Waals surface area contributed by atoms with E-state index in [4.69, 9.17) is 10.2 Å². The molecule has 0 aliphatic carbocycles. The second-order valence-electron chi connectivity index (χ2n) is 6.42. The molecule has 0 unspecified atom stereocenters. The van der Waals surface area contributed by atoms with Crippen LogP contribution in [0.5, 0.6) is 0 Å². The minimum atomic E-state index is -0.218. The topological polar surface area (TPSA) is 81.2 Å². The molecule has 0 aliphatic heterocycles. The van der Waals surface area contributed by atoms with Crippen molar-refractivity contribution in [3.63, 3.8) is 0 Å². The number of amides is 1. The molecule has 28 heavy (non-hydrogen) atoms. The summed E-state index contributed by atoms with van der Waals surface area (Å²) in [7, 11) is 0. The molecular formula is C22H29N3O2S. The summed E-state index contributed by atoms with van der Waals surface area (Å²) < 4.78 is 5.37. The number of hydrogen-bond acceptors (Lipinski definition) is 5. The Morgan fingerprint density at radius 2 is 2.11 bits per heavy atom. The zero-order chi connectivity index (χ0) is 20.5. The van der Waals surface area contributed by atoms with Crippen LogP contribution in [0.15, 0.2) is 52.4 Å². The second kappa shape index (κ2) is 10.7. The van der Waals surface area contributed by atoms with Crippen molar-refractivity contribution in [3.8, 4) is 0 Å². The maximum atomic E-state index is 12.7. The number of nitrogens with one attached hydrogen (secondary N) is 1. The van der Waals surface area contributed by atoms with Crippen molar-refractivity contribution < 1.29 is 9.21 Å². The Hall–Kier alpha value is -2.60. The molecule has 1 amide bonds. The molecule has 150 valence electrons. The largest absolute Gasteiger partial charge is 0.465 e. The summed E-state index contributed by atoms with van der Waals surface area (Å²) in [5, 5.41) is 3.41. The van der Waals surface area contributed by atoms with Gasteiger partial charge in [0.25, 0.3) is 5.91 Å². The molecule has 0 saturated heterocycles. The van der Waals surface area contributed by atoms with Gasteiger partial charge >= 0.3 is 0 Å². The van der Waals surface area contributed by atoms with Crippen LogP contribution in [-0.4, -0.2) is 10.9 Å². The van der Waals surface area contributed by atoms with Gasteiger partial charge in [-0.15, -0.1) is 11.3 Å². The molecule has 0 saturated carbocycles. The van der Waals surface area contributed by atoms with Crippen molar-refractivity contribution >= 4 is 22.8 Å². The molecule has 0 aliphatic rings. The first-order chi connectivity index (χ1) is 13.5. The quantitative estimate of drug-likeness (QED) is 0.566. The van der Waals surface area contributed by atoms with E-state index in [0.29, 0.717) is 16.4 Å². The third-order valence-corrected chi connectivity index (χ3v) is 5.33. The van der Waals surface area contributed by atoms with E-state index in [2.05, 4.69) is 24.1 Å². The first-order valence-corrected chi connectivity index (χ1v) is 10.5. The van der Waals surface area contributed by atoms with Crippen LogP contribution in [0, 0.1) is 0 Å². The molecule has 6 heteroatoms. The van der Waals surface area contributed by atoms with E-state index in [1.807, 2.05) is 38.1 Å². The van der Waals surface area contributed by atoms with Crippen LogP contribution in [0.1, 0.15) is 66.7 Å². The summed E-state index contributed by atoms with van der Waals surface area (Å²) in [5.74, 6) is 0.567. The van der Waals surface area contributed by atoms with Gasteiger partial charge in [0.2, 0.25) is 0 Å². The van der Waals surface area contributed by atoms with Crippen LogP contribution in [0.3, 0.4) is 0 Å². The van der Waals surface area contributed by atoms with Gasteiger partial charge in [0.1, 0.15) is 5.76 Å². The number of rotatable bonds is 9. The van der Waals surface area contributed by atoms with Gasteiger partial charge in [0.05, 0.1) is 23.4 Å². The fourth-order valence-corrected chi connectivity index (χ4v) is 3.84. The normalized spacial score (nSPS) is 13.1. The highest BCUT2D eigenvalue weighted by Gasteiger charge is 2.17. The number of aryl methyl sites for hydroxylation is 2. The molecule has 3 N–H and O–H groups in total. The van der Waals surface area contributed by atoms with Crippen LogP contribution in [0.2, 0.25) is 0 Å². The van der Waals surface area contributed by atoms with E-state index in [1.165, 1.54) is 16.2 Å². The molecule has 0 fully saturated rings. The van der Waals surface area contributed by atoms with Crippen molar-refractivity contribution in [1.29, 1.82) is 0 Å². The highest BCUT2D eigenvalue weighted by Crippen LogP contribution is 2.21. The van der Waals surface area contributed by atoms with Crippen LogP contribution in [0.4, 0.5) is 0 Å². The number of nitrogens with two attached hydrogens (primary N) is 1. The molecule has 0 spiro atoms. The lowest BCUT2D eigenvalue weighted by molar-refractivity contribution is 0.0966. The number of thiazole rings is 1. The Kier molecular flexibility index (Phi) is 8.26. The van der Waals surface area contributed by atoms with Crippen LogP contribution in [-0.2, 0) is 12.8 Å². The zero-order valence-electron chi connectivity index (χ0n) is 17.0. The Morgan fingerprint density at radius 1 is 1.32 bits per heavy atom. The van der Waals surface area contributed by atoms with E-state index in [9.17, 15) is 4.79 Å². The fourth-order valence-electron chi connectivity index (χ4n) is 2.69. The second-order valence-corrected chi connectivity index (χ2v) is 7.51. The minimum absolute atomic E-state index is 0.218. The number of allylic oxidation sites excluding steroid dienone is 4. The lowest BCUT2D eigenvalue weighted by Crippen LogP contribution is -2.26. The van der Waals surface area contributed by atoms with E-state index in [-0.39, 0.29) is 5.91 Å². The van der Waals surface area contributed by atoms with Crippen molar-refractivity contribution in [2.75, 3.05) is 0 Å². The summed E-state index contributed by atoms with van der Waals surface area (Å²) in [5.41, 5.74) is 9.28. The molecule has 0 aromatic carbocycles. The predicted molar refractivity (Wildman–Crippen MR) is 116 cm³/mol. The fraction of sp³-hybridized carbons (Fsp3) is 0.364. The van der Waals surface area contributed by atoms with E-state index in [1.54, 1.807) is 12.3 Å². The van der Waals surface area contributed by atoms with Crippen LogP contribution in [0.25, 0.3) is 5.57 Å². The van der Waals surface area contributed by atoms with Gasteiger partial charge in [-0.05, 0) is 50.0 Å².